The van der Waals surface area contributed by atoms with E-state index >= 15 is 0 Å². The molecular formula is C17H12Cl2O2. The minimum absolute atomic E-state index is 0.614. The Morgan fingerprint density at radius 1 is 0.952 bits per heavy atom. The van der Waals surface area contributed by atoms with Crippen LogP contribution in [0, 0.1) is 0 Å². The van der Waals surface area contributed by atoms with Gasteiger partial charge in [0.2, 0.25) is 0 Å². The molecule has 0 aliphatic rings. The minimum Gasteiger partial charge on any atom is -0.478 e. The maximum Gasteiger partial charge on any atom is 0.328 e. The van der Waals surface area contributed by atoms with Crippen molar-refractivity contribution >= 4 is 34.7 Å². The average molecular weight is 319 g/mol. The maximum absolute atomic E-state index is 10.6. The number of carboxylic acid groups (broad SMARTS) is 1. The van der Waals surface area contributed by atoms with E-state index in [9.17, 15) is 4.79 Å². The molecule has 0 radical (unpaired) electrons. The van der Waals surface area contributed by atoms with E-state index in [2.05, 4.69) is 0 Å². The van der Waals surface area contributed by atoms with Gasteiger partial charge in [0.05, 0.1) is 0 Å². The van der Waals surface area contributed by atoms with Crippen LogP contribution in [0.3, 0.4) is 0 Å². The van der Waals surface area contributed by atoms with Gasteiger partial charge in [-0.3, -0.25) is 0 Å². The highest BCUT2D eigenvalue weighted by Crippen LogP contribution is 2.27. The smallest absolute Gasteiger partial charge is 0.328 e. The summed E-state index contributed by atoms with van der Waals surface area (Å²) in [6, 6.07) is 14.7. The van der Waals surface area contributed by atoms with Crippen LogP contribution in [0.2, 0.25) is 10.0 Å². The summed E-state index contributed by atoms with van der Waals surface area (Å²) in [6.07, 6.45) is 4.29. The van der Waals surface area contributed by atoms with E-state index < -0.39 is 5.97 Å². The molecule has 0 saturated carbocycles. The molecule has 0 bridgehead atoms. The zero-order valence-electron chi connectivity index (χ0n) is 11.0. The number of halogens is 2. The molecule has 0 heterocycles. The first-order valence-electron chi connectivity index (χ1n) is 6.19. The van der Waals surface area contributed by atoms with E-state index in [0.717, 1.165) is 22.8 Å². The summed E-state index contributed by atoms with van der Waals surface area (Å²) >= 11 is 12.1. The largest absolute Gasteiger partial charge is 0.478 e. The van der Waals surface area contributed by atoms with Crippen molar-refractivity contribution in [3.8, 4) is 0 Å². The molecule has 2 rings (SSSR count). The molecule has 0 aromatic heterocycles. The van der Waals surface area contributed by atoms with Gasteiger partial charge in [0.25, 0.3) is 0 Å². The number of benzene rings is 2. The fourth-order valence-electron chi connectivity index (χ4n) is 1.90. The van der Waals surface area contributed by atoms with Crippen molar-refractivity contribution in [1.29, 1.82) is 0 Å². The highest BCUT2D eigenvalue weighted by molar-refractivity contribution is 6.31. The number of hydrogen-bond acceptors (Lipinski definition) is 1. The Bertz CT molecular complexity index is 671. The number of allylic oxidation sites excluding steroid dienone is 2. The van der Waals surface area contributed by atoms with Gasteiger partial charge < -0.3 is 5.11 Å². The maximum atomic E-state index is 10.6. The topological polar surface area (TPSA) is 37.3 Å². The van der Waals surface area contributed by atoms with Crippen LogP contribution in [0.4, 0.5) is 0 Å². The standard InChI is InChI=1S/C17H12Cl2O2/c18-14-6-1-4-12(10-14)16(8-3-9-17(20)21)13-5-2-7-15(19)11-13/h1-11H,(H,20,21). The third-order valence-electron chi connectivity index (χ3n) is 2.77. The Morgan fingerprint density at radius 2 is 1.48 bits per heavy atom. The molecule has 0 atom stereocenters. The molecule has 2 aromatic rings. The highest BCUT2D eigenvalue weighted by Gasteiger charge is 2.05. The summed E-state index contributed by atoms with van der Waals surface area (Å²) in [4.78, 5) is 10.6. The molecule has 106 valence electrons. The number of rotatable bonds is 4. The van der Waals surface area contributed by atoms with Crippen molar-refractivity contribution in [2.75, 3.05) is 0 Å². The van der Waals surface area contributed by atoms with Crippen LogP contribution in [0.25, 0.3) is 5.57 Å². The Hall–Kier alpha value is -2.03. The monoisotopic (exact) mass is 318 g/mol. The van der Waals surface area contributed by atoms with Crippen molar-refractivity contribution < 1.29 is 9.90 Å². The lowest BCUT2D eigenvalue weighted by molar-refractivity contribution is -0.131. The van der Waals surface area contributed by atoms with E-state index in [0.29, 0.717) is 10.0 Å². The predicted molar refractivity (Wildman–Crippen MR) is 86.8 cm³/mol. The van der Waals surface area contributed by atoms with Gasteiger partial charge in [-0.15, -0.1) is 0 Å². The van der Waals surface area contributed by atoms with E-state index in [4.69, 9.17) is 28.3 Å². The van der Waals surface area contributed by atoms with E-state index in [1.807, 2.05) is 36.4 Å². The van der Waals surface area contributed by atoms with Crippen LogP contribution >= 0.6 is 23.2 Å². The molecule has 21 heavy (non-hydrogen) atoms. The number of hydrogen-bond donors (Lipinski definition) is 1. The molecule has 0 fully saturated rings. The summed E-state index contributed by atoms with van der Waals surface area (Å²) in [5.41, 5.74) is 2.62. The predicted octanol–water partition coefficient (Wildman–Crippen LogP) is 5.07. The molecule has 0 saturated heterocycles. The first-order valence-corrected chi connectivity index (χ1v) is 6.95. The zero-order valence-corrected chi connectivity index (χ0v) is 12.5. The first-order chi connectivity index (χ1) is 10.1. The molecule has 0 amide bonds. The third-order valence-corrected chi connectivity index (χ3v) is 3.24. The second-order valence-corrected chi connectivity index (χ2v) is 5.17. The van der Waals surface area contributed by atoms with E-state index in [1.54, 1.807) is 18.2 Å². The number of aliphatic carboxylic acids is 1. The van der Waals surface area contributed by atoms with E-state index in [1.165, 1.54) is 6.08 Å². The lowest BCUT2D eigenvalue weighted by Gasteiger charge is -2.08. The fourth-order valence-corrected chi connectivity index (χ4v) is 2.28. The van der Waals surface area contributed by atoms with Crippen LogP contribution in [0.1, 0.15) is 11.1 Å². The Balaban J connectivity index is 2.51. The van der Waals surface area contributed by atoms with Crippen molar-refractivity contribution in [3.63, 3.8) is 0 Å². The lowest BCUT2D eigenvalue weighted by atomic mass is 9.97. The molecule has 0 spiro atoms. The molecule has 4 heteroatoms. The summed E-state index contributed by atoms with van der Waals surface area (Å²) in [5.74, 6) is -0.997. The molecule has 0 aliphatic carbocycles. The summed E-state index contributed by atoms with van der Waals surface area (Å²) in [5, 5.41) is 9.92. The second kappa shape index (κ2) is 7.11. The van der Waals surface area contributed by atoms with Crippen molar-refractivity contribution in [1.82, 2.24) is 0 Å². The summed E-state index contributed by atoms with van der Waals surface area (Å²) in [7, 11) is 0. The molecule has 2 aromatic carbocycles. The van der Waals surface area contributed by atoms with E-state index in [-0.39, 0.29) is 0 Å². The molecule has 2 nitrogen and oxygen atoms in total. The Kier molecular flexibility index (Phi) is 5.20. The minimum atomic E-state index is -0.997. The van der Waals surface area contributed by atoms with Crippen molar-refractivity contribution in [3.05, 3.63) is 87.9 Å². The third kappa shape index (κ3) is 4.48. The summed E-state index contributed by atoms with van der Waals surface area (Å²) in [6.45, 7) is 0. The van der Waals surface area contributed by atoms with Gasteiger partial charge in [0.1, 0.15) is 0 Å². The fraction of sp³-hybridized carbons (Fsp3) is 0. The number of carboxylic acids is 1. The van der Waals surface area contributed by atoms with Crippen LogP contribution in [0.15, 0.2) is 66.8 Å². The van der Waals surface area contributed by atoms with Gasteiger partial charge in [0.15, 0.2) is 0 Å². The van der Waals surface area contributed by atoms with Crippen LogP contribution in [-0.2, 0) is 4.79 Å². The van der Waals surface area contributed by atoms with Gasteiger partial charge in [0, 0.05) is 16.1 Å². The quantitative estimate of drug-likeness (QED) is 0.631. The normalized spacial score (nSPS) is 10.6. The SMILES string of the molecule is O=C(O)C=CC=C(c1cccc(Cl)c1)c1cccc(Cl)c1. The number of carbonyl (C=O) groups is 1. The van der Waals surface area contributed by atoms with Crippen LogP contribution in [0.5, 0.6) is 0 Å². The van der Waals surface area contributed by atoms with Gasteiger partial charge in [-0.1, -0.05) is 59.6 Å². The van der Waals surface area contributed by atoms with Gasteiger partial charge in [-0.2, -0.15) is 0 Å². The summed E-state index contributed by atoms with van der Waals surface area (Å²) < 4.78 is 0. The highest BCUT2D eigenvalue weighted by atomic mass is 35.5. The van der Waals surface area contributed by atoms with Gasteiger partial charge in [-0.05, 0) is 41.0 Å². The Morgan fingerprint density at radius 3 is 1.90 bits per heavy atom. The van der Waals surface area contributed by atoms with Gasteiger partial charge in [-0.25, -0.2) is 4.79 Å². The van der Waals surface area contributed by atoms with Crippen LogP contribution in [-0.4, -0.2) is 11.1 Å². The zero-order chi connectivity index (χ0) is 15.2. The average Bonchev–Trinajstić information content (AvgIpc) is 2.43. The molecular weight excluding hydrogens is 307 g/mol. The van der Waals surface area contributed by atoms with Gasteiger partial charge >= 0.3 is 5.97 Å². The van der Waals surface area contributed by atoms with Crippen molar-refractivity contribution in [2.45, 2.75) is 0 Å². The molecule has 0 aliphatic heterocycles. The molecule has 0 unspecified atom stereocenters. The van der Waals surface area contributed by atoms with Crippen molar-refractivity contribution in [2.24, 2.45) is 0 Å². The Labute approximate surface area is 132 Å². The first kappa shape index (κ1) is 15.4. The lowest BCUT2D eigenvalue weighted by Crippen LogP contribution is -1.89. The van der Waals surface area contributed by atoms with Crippen LogP contribution < -0.4 is 0 Å². The second-order valence-electron chi connectivity index (χ2n) is 4.30. The molecule has 1 N–H and O–H groups in total.